The summed E-state index contributed by atoms with van der Waals surface area (Å²) in [6, 6.07) is 0. The SMILES string of the molecule is O.O=S(=O)([O-])[O-].O=S(=O)([O-])[O-].[Mg+2].[Mn+2]. The van der Waals surface area contributed by atoms with E-state index in [1.165, 1.54) is 0 Å². The Morgan fingerprint density at radius 3 is 0.692 bits per heavy atom. The van der Waals surface area contributed by atoms with Gasteiger partial charge in [0.15, 0.2) is 0 Å². The molecule has 0 bridgehead atoms. The van der Waals surface area contributed by atoms with Crippen molar-refractivity contribution in [2.75, 3.05) is 0 Å². The van der Waals surface area contributed by atoms with Gasteiger partial charge in [0.2, 0.25) is 0 Å². The van der Waals surface area contributed by atoms with Crippen molar-refractivity contribution in [1.82, 2.24) is 0 Å². The molecule has 0 atom stereocenters. The first-order chi connectivity index (χ1) is 4.00. The minimum Gasteiger partial charge on any atom is -0.759 e. The van der Waals surface area contributed by atoms with E-state index in [4.69, 9.17) is 35.0 Å². The average molecular weight is 289 g/mol. The van der Waals surface area contributed by atoms with Crippen molar-refractivity contribution in [2.45, 2.75) is 0 Å². The molecular formula is H2MgMnO9S2. The van der Waals surface area contributed by atoms with Gasteiger partial charge in [-0.15, -0.1) is 0 Å². The molecule has 0 aromatic heterocycles. The molecule has 0 saturated carbocycles. The summed E-state index contributed by atoms with van der Waals surface area (Å²) >= 11 is 0. The molecule has 1 radical (unpaired) electrons. The molecule has 2 N–H and O–H groups in total. The van der Waals surface area contributed by atoms with Gasteiger partial charge in [-0.1, -0.05) is 0 Å². The molecule has 0 saturated heterocycles. The van der Waals surface area contributed by atoms with Gasteiger partial charge in [-0.25, -0.2) is 0 Å². The van der Waals surface area contributed by atoms with Gasteiger partial charge in [0.1, 0.15) is 0 Å². The first-order valence-corrected chi connectivity index (χ1v) is 4.00. The largest absolute Gasteiger partial charge is 2.00 e. The van der Waals surface area contributed by atoms with E-state index in [2.05, 4.69) is 0 Å². The summed E-state index contributed by atoms with van der Waals surface area (Å²) in [4.78, 5) is 0. The Hall–Kier alpha value is 0.986. The first-order valence-electron chi connectivity index (χ1n) is 1.33. The van der Waals surface area contributed by atoms with Crippen molar-refractivity contribution in [3.05, 3.63) is 0 Å². The van der Waals surface area contributed by atoms with Gasteiger partial charge >= 0.3 is 40.1 Å². The summed E-state index contributed by atoms with van der Waals surface area (Å²) in [6.45, 7) is 0. The van der Waals surface area contributed by atoms with Crippen LogP contribution in [0, 0.1) is 0 Å². The molecule has 0 aliphatic carbocycles. The van der Waals surface area contributed by atoms with Gasteiger partial charge in [0, 0.05) is 20.8 Å². The van der Waals surface area contributed by atoms with Crippen LogP contribution in [0.1, 0.15) is 0 Å². The van der Waals surface area contributed by atoms with Crippen LogP contribution in [0.5, 0.6) is 0 Å². The minimum absolute atomic E-state index is 0. The topological polar surface area (TPSA) is 192 Å². The molecule has 0 heterocycles. The summed E-state index contributed by atoms with van der Waals surface area (Å²) in [7, 11) is -10.3. The second-order valence-corrected chi connectivity index (χ2v) is 2.45. The maximum absolute atomic E-state index is 8.52. The van der Waals surface area contributed by atoms with Crippen LogP contribution in [0.25, 0.3) is 0 Å². The van der Waals surface area contributed by atoms with Crippen LogP contribution in [0.3, 0.4) is 0 Å². The predicted octanol–water partition coefficient (Wildman–Crippen LogP) is -3.88. The second kappa shape index (κ2) is 11.1. The summed E-state index contributed by atoms with van der Waals surface area (Å²) < 4.78 is 68.2. The normalized spacial score (nSPS) is 8.92. The third-order valence-electron chi connectivity index (χ3n) is 0. The Labute approximate surface area is 101 Å². The molecule has 0 amide bonds. The Kier molecular flexibility index (Phi) is 24.9. The Morgan fingerprint density at radius 1 is 0.692 bits per heavy atom. The van der Waals surface area contributed by atoms with E-state index >= 15 is 0 Å². The molecule has 0 spiro atoms. The van der Waals surface area contributed by atoms with Crippen LogP contribution in [0.15, 0.2) is 0 Å². The van der Waals surface area contributed by atoms with Gasteiger partial charge in [-0.05, 0) is 0 Å². The molecule has 13 heteroatoms. The van der Waals surface area contributed by atoms with Crippen molar-refractivity contribution in [3.63, 3.8) is 0 Å². The summed E-state index contributed by atoms with van der Waals surface area (Å²) in [5.41, 5.74) is 0. The first kappa shape index (κ1) is 29.2. The van der Waals surface area contributed by atoms with E-state index < -0.39 is 20.8 Å². The third kappa shape index (κ3) is 1610. The minimum atomic E-state index is -5.17. The Morgan fingerprint density at radius 2 is 0.692 bits per heavy atom. The van der Waals surface area contributed by atoms with E-state index in [0.29, 0.717) is 0 Å². The summed E-state index contributed by atoms with van der Waals surface area (Å²) in [5.74, 6) is 0. The van der Waals surface area contributed by atoms with E-state index in [-0.39, 0.29) is 45.6 Å². The van der Waals surface area contributed by atoms with Gasteiger partial charge in [-0.3, -0.25) is 16.8 Å². The zero-order chi connectivity index (χ0) is 9.00. The smallest absolute Gasteiger partial charge is 0.759 e. The maximum atomic E-state index is 8.52. The van der Waals surface area contributed by atoms with Crippen LogP contribution in [0.2, 0.25) is 0 Å². The van der Waals surface area contributed by atoms with Crippen molar-refractivity contribution in [3.8, 4) is 0 Å². The molecule has 0 aromatic rings. The number of rotatable bonds is 0. The zero-order valence-corrected chi connectivity index (χ0v) is 9.90. The van der Waals surface area contributed by atoms with Crippen molar-refractivity contribution in [1.29, 1.82) is 0 Å². The fraction of sp³-hybridized carbons (Fsp3) is 0. The van der Waals surface area contributed by atoms with E-state index in [0.717, 1.165) is 0 Å². The van der Waals surface area contributed by atoms with Crippen LogP contribution >= 0.6 is 0 Å². The third-order valence-corrected chi connectivity index (χ3v) is 0. The molecule has 0 aliphatic heterocycles. The van der Waals surface area contributed by atoms with Crippen LogP contribution in [0.4, 0.5) is 0 Å². The van der Waals surface area contributed by atoms with Gasteiger partial charge in [-0.2, -0.15) is 0 Å². The molecular weight excluding hydrogens is 287 g/mol. The zero-order valence-electron chi connectivity index (χ0n) is 5.67. The second-order valence-electron chi connectivity index (χ2n) is 0.816. The molecule has 0 aromatic carbocycles. The van der Waals surface area contributed by atoms with Crippen molar-refractivity contribution in [2.24, 2.45) is 0 Å². The molecule has 0 fully saturated rings. The predicted molar refractivity (Wildman–Crippen MR) is 30.3 cm³/mol. The Bertz CT molecular complexity index is 214. The maximum Gasteiger partial charge on any atom is 2.00 e. The van der Waals surface area contributed by atoms with Crippen LogP contribution < -0.4 is 0 Å². The van der Waals surface area contributed by atoms with Gasteiger partial charge < -0.3 is 23.7 Å². The van der Waals surface area contributed by atoms with Gasteiger partial charge in [0.25, 0.3) is 0 Å². The van der Waals surface area contributed by atoms with Gasteiger partial charge in [0.05, 0.1) is 0 Å². The molecule has 0 unspecified atom stereocenters. The molecule has 0 rings (SSSR count). The van der Waals surface area contributed by atoms with E-state index in [9.17, 15) is 0 Å². The Balaban J connectivity index is -0.0000000267. The standard InChI is InChI=1S/Mg.Mn.2H2O4S.H2O/c;;2*1-5(2,3)4;/h;;2*(H2,1,2,3,4);1H2/q2*+2;;;/p-4. The molecule has 77 valence electrons. The molecule has 0 aliphatic rings. The number of hydrogen-bond donors (Lipinski definition) is 0. The van der Waals surface area contributed by atoms with Crippen LogP contribution in [-0.4, -0.2) is 63.6 Å². The fourth-order valence-electron chi connectivity index (χ4n) is 0. The van der Waals surface area contributed by atoms with Crippen molar-refractivity contribution >= 4 is 43.9 Å². The monoisotopic (exact) mass is 289 g/mol. The van der Waals surface area contributed by atoms with E-state index in [1.54, 1.807) is 0 Å². The van der Waals surface area contributed by atoms with E-state index in [1.807, 2.05) is 0 Å². The van der Waals surface area contributed by atoms with Crippen LogP contribution in [-0.2, 0) is 37.9 Å². The summed E-state index contributed by atoms with van der Waals surface area (Å²) in [6.07, 6.45) is 0. The average Bonchev–Trinajstić information content (AvgIpc) is 1.12. The number of hydrogen-bond acceptors (Lipinski definition) is 8. The molecule has 9 nitrogen and oxygen atoms in total. The van der Waals surface area contributed by atoms with Crippen molar-refractivity contribution < 1.29 is 57.6 Å². The fourth-order valence-corrected chi connectivity index (χ4v) is 0. The quantitative estimate of drug-likeness (QED) is 0.245. The molecule has 13 heavy (non-hydrogen) atoms. The summed E-state index contributed by atoms with van der Waals surface area (Å²) in [5, 5.41) is 0.